The third-order valence-electron chi connectivity index (χ3n) is 4.96. The first-order chi connectivity index (χ1) is 15.3. The largest absolute Gasteiger partial charge is 0.272 e. The van der Waals surface area contributed by atoms with Gasteiger partial charge >= 0.3 is 0 Å². The van der Waals surface area contributed by atoms with Crippen LogP contribution in [-0.2, 0) is 14.8 Å². The van der Waals surface area contributed by atoms with Crippen LogP contribution in [0.4, 0.5) is 15.2 Å². The number of anilines is 2. The molecule has 4 rings (SSSR count). The number of thiazole rings is 1. The number of sulfonamides is 1. The summed E-state index contributed by atoms with van der Waals surface area (Å²) >= 11 is 1.35. The van der Waals surface area contributed by atoms with E-state index in [1.807, 2.05) is 49.4 Å². The van der Waals surface area contributed by atoms with Crippen LogP contribution < -0.4 is 4.90 Å². The van der Waals surface area contributed by atoms with E-state index >= 15 is 0 Å². The summed E-state index contributed by atoms with van der Waals surface area (Å²) in [6.07, 6.45) is 0. The number of likely N-dealkylation sites (N-methyl/N-ethyl adjacent to an activating group) is 1. The van der Waals surface area contributed by atoms with Crippen molar-refractivity contribution in [3.8, 4) is 0 Å². The molecule has 0 aliphatic rings. The topological polar surface area (TPSA) is 70.6 Å². The molecule has 1 amide bonds. The maximum Gasteiger partial charge on any atom is 0.248 e. The highest BCUT2D eigenvalue weighted by Crippen LogP contribution is 2.35. The second-order valence-corrected chi connectivity index (χ2v) is 10.2. The molecular weight excluding hydrogens is 449 g/mol. The van der Waals surface area contributed by atoms with Crippen molar-refractivity contribution in [1.29, 1.82) is 0 Å². The van der Waals surface area contributed by atoms with Crippen LogP contribution in [0.25, 0.3) is 10.2 Å². The van der Waals surface area contributed by atoms with E-state index < -0.39 is 28.3 Å². The first kappa shape index (κ1) is 22.1. The Bertz CT molecular complexity index is 1350. The van der Waals surface area contributed by atoms with Crippen molar-refractivity contribution >= 4 is 48.3 Å². The van der Waals surface area contributed by atoms with E-state index in [1.165, 1.54) is 35.4 Å². The van der Waals surface area contributed by atoms with Gasteiger partial charge in [0, 0.05) is 7.05 Å². The second kappa shape index (κ2) is 8.78. The highest BCUT2D eigenvalue weighted by atomic mass is 32.2. The Kier molecular flexibility index (Phi) is 6.05. The summed E-state index contributed by atoms with van der Waals surface area (Å²) < 4.78 is 40.9. The molecule has 6 nitrogen and oxygen atoms in total. The summed E-state index contributed by atoms with van der Waals surface area (Å²) in [5.74, 6) is -0.990. The van der Waals surface area contributed by atoms with E-state index in [1.54, 1.807) is 6.07 Å². The number of nitrogens with zero attached hydrogens (tertiary/aromatic N) is 3. The average Bonchev–Trinajstić information content (AvgIpc) is 3.19. The molecule has 164 valence electrons. The molecule has 1 aromatic heterocycles. The average molecular weight is 470 g/mol. The summed E-state index contributed by atoms with van der Waals surface area (Å²) in [6.45, 7) is 1.46. The summed E-state index contributed by atoms with van der Waals surface area (Å²) in [5, 5.41) is 0.457. The molecule has 32 heavy (non-hydrogen) atoms. The summed E-state index contributed by atoms with van der Waals surface area (Å²) in [5.41, 5.74) is 2.24. The Morgan fingerprint density at radius 2 is 1.66 bits per heavy atom. The van der Waals surface area contributed by atoms with Crippen molar-refractivity contribution in [2.24, 2.45) is 0 Å². The van der Waals surface area contributed by atoms with E-state index in [4.69, 9.17) is 0 Å². The van der Waals surface area contributed by atoms with Crippen LogP contribution in [-0.4, -0.2) is 37.2 Å². The number of para-hydroxylation sites is 2. The van der Waals surface area contributed by atoms with Crippen molar-refractivity contribution in [3.05, 3.63) is 84.2 Å². The molecular formula is C23H20FN3O3S2. The van der Waals surface area contributed by atoms with Crippen LogP contribution in [0.2, 0.25) is 0 Å². The number of aromatic nitrogens is 1. The fraction of sp³-hybridized carbons (Fsp3) is 0.130. The van der Waals surface area contributed by atoms with Crippen LogP contribution in [0, 0.1) is 12.7 Å². The minimum absolute atomic E-state index is 0.0865. The minimum Gasteiger partial charge on any atom is -0.272 e. The number of hydrogen-bond donors (Lipinski definition) is 0. The molecule has 0 aliphatic heterocycles. The van der Waals surface area contributed by atoms with Gasteiger partial charge < -0.3 is 0 Å². The molecule has 0 spiro atoms. The number of fused-ring (bicyclic) bond motifs is 1. The molecule has 0 radical (unpaired) electrons. The van der Waals surface area contributed by atoms with Gasteiger partial charge in [-0.2, -0.15) is 4.31 Å². The summed E-state index contributed by atoms with van der Waals surface area (Å²) in [6, 6.07) is 19.4. The van der Waals surface area contributed by atoms with Gasteiger partial charge in [-0.3, -0.25) is 9.69 Å². The van der Waals surface area contributed by atoms with Gasteiger partial charge in [0.1, 0.15) is 5.82 Å². The zero-order valence-corrected chi connectivity index (χ0v) is 19.0. The van der Waals surface area contributed by atoms with Crippen LogP contribution >= 0.6 is 11.3 Å². The number of carbonyl (C=O) groups excluding carboxylic acids is 1. The lowest BCUT2D eigenvalue weighted by Crippen LogP contribution is -2.39. The summed E-state index contributed by atoms with van der Waals surface area (Å²) in [4.78, 5) is 19.4. The van der Waals surface area contributed by atoms with Crippen molar-refractivity contribution in [2.75, 3.05) is 18.5 Å². The molecule has 0 fully saturated rings. The van der Waals surface area contributed by atoms with Gasteiger partial charge in [-0.05, 0) is 55.0 Å². The van der Waals surface area contributed by atoms with Crippen molar-refractivity contribution < 1.29 is 17.6 Å². The smallest absolute Gasteiger partial charge is 0.248 e. The number of hydrogen-bond acceptors (Lipinski definition) is 5. The first-order valence-corrected chi connectivity index (χ1v) is 12.0. The highest BCUT2D eigenvalue weighted by Gasteiger charge is 2.29. The zero-order chi connectivity index (χ0) is 22.9. The molecule has 0 N–H and O–H groups in total. The van der Waals surface area contributed by atoms with E-state index in [0.29, 0.717) is 10.8 Å². The quantitative estimate of drug-likeness (QED) is 0.409. The Morgan fingerprint density at radius 1 is 1.00 bits per heavy atom. The molecule has 3 aromatic carbocycles. The highest BCUT2D eigenvalue weighted by molar-refractivity contribution is 7.89. The molecule has 0 saturated heterocycles. The molecule has 0 unspecified atom stereocenters. The van der Waals surface area contributed by atoms with Gasteiger partial charge in [0.2, 0.25) is 15.9 Å². The monoisotopic (exact) mass is 469 g/mol. The van der Waals surface area contributed by atoms with Crippen LogP contribution in [0.3, 0.4) is 0 Å². The van der Waals surface area contributed by atoms with E-state index in [9.17, 15) is 17.6 Å². The van der Waals surface area contributed by atoms with Crippen LogP contribution in [0.5, 0.6) is 0 Å². The van der Waals surface area contributed by atoms with E-state index in [0.717, 1.165) is 32.2 Å². The number of carbonyl (C=O) groups is 1. The Hall–Kier alpha value is -3.14. The molecule has 4 aromatic rings. The van der Waals surface area contributed by atoms with Gasteiger partial charge in [0.25, 0.3) is 0 Å². The van der Waals surface area contributed by atoms with E-state index in [2.05, 4.69) is 4.98 Å². The van der Waals surface area contributed by atoms with Crippen molar-refractivity contribution in [3.63, 3.8) is 0 Å². The number of aryl methyl sites for hydroxylation is 1. The van der Waals surface area contributed by atoms with Gasteiger partial charge in [0.05, 0.1) is 27.3 Å². The van der Waals surface area contributed by atoms with Gasteiger partial charge in [-0.25, -0.2) is 17.8 Å². The third-order valence-corrected chi connectivity index (χ3v) is 7.80. The number of benzene rings is 3. The maximum atomic E-state index is 13.4. The third kappa shape index (κ3) is 4.27. The van der Waals surface area contributed by atoms with Gasteiger partial charge in [0.15, 0.2) is 5.13 Å². The predicted molar refractivity (Wildman–Crippen MR) is 124 cm³/mol. The lowest BCUT2D eigenvalue weighted by molar-refractivity contribution is -0.117. The number of rotatable bonds is 6. The second-order valence-electron chi connectivity index (χ2n) is 7.19. The molecule has 0 atom stereocenters. The van der Waals surface area contributed by atoms with E-state index in [-0.39, 0.29) is 4.90 Å². The number of amides is 1. The molecule has 0 aliphatic carbocycles. The first-order valence-electron chi connectivity index (χ1n) is 9.73. The van der Waals surface area contributed by atoms with Crippen molar-refractivity contribution in [1.82, 2.24) is 9.29 Å². The molecule has 0 bridgehead atoms. The predicted octanol–water partition coefficient (Wildman–Crippen LogP) is 4.73. The fourth-order valence-corrected chi connectivity index (χ4v) is 5.36. The normalized spacial score (nSPS) is 11.8. The molecule has 1 heterocycles. The Morgan fingerprint density at radius 3 is 2.34 bits per heavy atom. The van der Waals surface area contributed by atoms with Gasteiger partial charge in [-0.15, -0.1) is 0 Å². The van der Waals surface area contributed by atoms with Crippen LogP contribution in [0.15, 0.2) is 77.7 Å². The minimum atomic E-state index is -3.98. The number of halogens is 1. The summed E-state index contributed by atoms with van der Waals surface area (Å²) in [7, 11) is -2.66. The van der Waals surface area contributed by atoms with Crippen LogP contribution in [0.1, 0.15) is 5.56 Å². The maximum absolute atomic E-state index is 13.4. The molecule has 0 saturated carbocycles. The van der Waals surface area contributed by atoms with Gasteiger partial charge in [-0.1, -0.05) is 41.7 Å². The standard InChI is InChI=1S/C23H20FN3O3S2/c1-16-7-3-5-9-20(16)27(23-25-19-8-4-6-10-21(19)31-23)22(28)15-26(2)32(29,30)18-13-11-17(24)12-14-18/h3-14H,15H2,1-2H3. The Balaban J connectivity index is 1.70. The Labute approximate surface area is 189 Å². The lowest BCUT2D eigenvalue weighted by Gasteiger charge is -2.24. The lowest BCUT2D eigenvalue weighted by atomic mass is 10.2. The SMILES string of the molecule is Cc1ccccc1N(C(=O)CN(C)S(=O)(=O)c1ccc(F)cc1)c1nc2ccccc2s1. The van der Waals surface area contributed by atoms with Crippen molar-refractivity contribution in [2.45, 2.75) is 11.8 Å². The molecule has 9 heteroatoms. The zero-order valence-electron chi connectivity index (χ0n) is 17.4. The fourth-order valence-electron chi connectivity index (χ4n) is 3.25.